The number of aryl methyl sites for hydroxylation is 1. The molecule has 0 fully saturated rings. The molecule has 5 heteroatoms. The Balaban J connectivity index is 2.41. The SMILES string of the molecule is COC(=O)c1ccc(-n2cnnc2)c(C)c1. The number of benzene rings is 1. The van der Waals surface area contributed by atoms with Crippen LogP contribution in [0, 0.1) is 6.92 Å². The summed E-state index contributed by atoms with van der Waals surface area (Å²) < 4.78 is 6.44. The first-order valence-electron chi connectivity index (χ1n) is 4.76. The van der Waals surface area contributed by atoms with Crippen LogP contribution in [0.3, 0.4) is 0 Å². The van der Waals surface area contributed by atoms with Gasteiger partial charge in [0.15, 0.2) is 0 Å². The first-order chi connectivity index (χ1) is 7.72. The van der Waals surface area contributed by atoms with Crippen LogP contribution in [0.25, 0.3) is 5.69 Å². The van der Waals surface area contributed by atoms with Crippen molar-refractivity contribution in [3.8, 4) is 5.69 Å². The Labute approximate surface area is 92.7 Å². The summed E-state index contributed by atoms with van der Waals surface area (Å²) in [5.41, 5.74) is 2.44. The lowest BCUT2D eigenvalue weighted by molar-refractivity contribution is 0.0600. The van der Waals surface area contributed by atoms with Crippen molar-refractivity contribution in [2.75, 3.05) is 7.11 Å². The zero-order valence-corrected chi connectivity index (χ0v) is 9.04. The molecule has 2 rings (SSSR count). The van der Waals surface area contributed by atoms with Crippen LogP contribution in [0.2, 0.25) is 0 Å². The van der Waals surface area contributed by atoms with E-state index in [1.54, 1.807) is 29.4 Å². The number of aromatic nitrogens is 3. The monoisotopic (exact) mass is 217 g/mol. The third kappa shape index (κ3) is 1.79. The molecule has 82 valence electrons. The molecule has 0 radical (unpaired) electrons. The fraction of sp³-hybridized carbons (Fsp3) is 0.182. The van der Waals surface area contributed by atoms with Crippen molar-refractivity contribution in [3.63, 3.8) is 0 Å². The standard InChI is InChI=1S/C11H11N3O2/c1-8-5-9(11(15)16-2)3-4-10(8)14-6-12-13-7-14/h3-7H,1-2H3. The lowest BCUT2D eigenvalue weighted by Gasteiger charge is -2.07. The molecule has 0 saturated carbocycles. The van der Waals surface area contributed by atoms with E-state index in [0.717, 1.165) is 11.3 Å². The molecule has 16 heavy (non-hydrogen) atoms. The van der Waals surface area contributed by atoms with Crippen LogP contribution in [0.15, 0.2) is 30.9 Å². The molecule has 0 bridgehead atoms. The van der Waals surface area contributed by atoms with Crippen LogP contribution in [0.5, 0.6) is 0 Å². The van der Waals surface area contributed by atoms with Gasteiger partial charge in [0.05, 0.1) is 18.4 Å². The molecular weight excluding hydrogens is 206 g/mol. The quantitative estimate of drug-likeness (QED) is 0.713. The highest BCUT2D eigenvalue weighted by molar-refractivity contribution is 5.89. The van der Waals surface area contributed by atoms with Gasteiger partial charge >= 0.3 is 5.97 Å². The Bertz CT molecular complexity index is 506. The van der Waals surface area contributed by atoms with Crippen LogP contribution < -0.4 is 0 Å². The van der Waals surface area contributed by atoms with Crippen molar-refractivity contribution < 1.29 is 9.53 Å². The van der Waals surface area contributed by atoms with Gasteiger partial charge in [0.25, 0.3) is 0 Å². The van der Waals surface area contributed by atoms with E-state index >= 15 is 0 Å². The van der Waals surface area contributed by atoms with Crippen LogP contribution in [-0.2, 0) is 4.74 Å². The summed E-state index contributed by atoms with van der Waals surface area (Å²) in [7, 11) is 1.37. The molecule has 5 nitrogen and oxygen atoms in total. The maximum absolute atomic E-state index is 11.3. The lowest BCUT2D eigenvalue weighted by Crippen LogP contribution is -2.03. The smallest absolute Gasteiger partial charge is 0.337 e. The molecule has 0 spiro atoms. The Hall–Kier alpha value is -2.17. The van der Waals surface area contributed by atoms with Gasteiger partial charge in [-0.1, -0.05) is 0 Å². The molecule has 0 aliphatic heterocycles. The highest BCUT2D eigenvalue weighted by atomic mass is 16.5. The second-order valence-electron chi connectivity index (χ2n) is 3.36. The molecule has 1 heterocycles. The predicted octanol–water partition coefficient (Wildman–Crippen LogP) is 1.36. The molecule has 1 aromatic heterocycles. The van der Waals surface area contributed by atoms with Crippen LogP contribution in [-0.4, -0.2) is 27.8 Å². The molecule has 1 aromatic carbocycles. The summed E-state index contributed by atoms with van der Waals surface area (Å²) >= 11 is 0. The van der Waals surface area contributed by atoms with Crippen molar-refractivity contribution in [2.24, 2.45) is 0 Å². The first-order valence-corrected chi connectivity index (χ1v) is 4.76. The Morgan fingerprint density at radius 1 is 1.31 bits per heavy atom. The molecular formula is C11H11N3O2. The van der Waals surface area contributed by atoms with Crippen molar-refractivity contribution in [2.45, 2.75) is 6.92 Å². The largest absolute Gasteiger partial charge is 0.465 e. The summed E-state index contributed by atoms with van der Waals surface area (Å²) in [6.45, 7) is 1.92. The van der Waals surface area contributed by atoms with E-state index in [1.807, 2.05) is 13.0 Å². The number of hydrogen-bond donors (Lipinski definition) is 0. The van der Waals surface area contributed by atoms with Crippen molar-refractivity contribution >= 4 is 5.97 Å². The molecule has 0 unspecified atom stereocenters. The first kappa shape index (κ1) is 10.4. The predicted molar refractivity (Wildman–Crippen MR) is 57.4 cm³/mol. The minimum atomic E-state index is -0.335. The summed E-state index contributed by atoms with van der Waals surface area (Å²) in [5, 5.41) is 7.47. The third-order valence-electron chi connectivity index (χ3n) is 2.31. The van der Waals surface area contributed by atoms with Gasteiger partial charge in [0.1, 0.15) is 12.7 Å². The average molecular weight is 217 g/mol. The zero-order chi connectivity index (χ0) is 11.5. The van der Waals surface area contributed by atoms with E-state index in [9.17, 15) is 4.79 Å². The second kappa shape index (κ2) is 4.14. The number of nitrogens with zero attached hydrogens (tertiary/aromatic N) is 3. The molecule has 0 atom stereocenters. The van der Waals surface area contributed by atoms with Gasteiger partial charge < -0.3 is 4.74 Å². The lowest BCUT2D eigenvalue weighted by atomic mass is 10.1. The van der Waals surface area contributed by atoms with Gasteiger partial charge in [0.2, 0.25) is 0 Å². The minimum absolute atomic E-state index is 0.335. The maximum atomic E-state index is 11.3. The summed E-state index contributed by atoms with van der Waals surface area (Å²) in [5.74, 6) is -0.335. The summed E-state index contributed by atoms with van der Waals surface area (Å²) in [4.78, 5) is 11.3. The molecule has 2 aromatic rings. The maximum Gasteiger partial charge on any atom is 0.337 e. The zero-order valence-electron chi connectivity index (χ0n) is 9.04. The number of carbonyl (C=O) groups is 1. The third-order valence-corrected chi connectivity index (χ3v) is 2.31. The number of ether oxygens (including phenoxy) is 1. The van der Waals surface area contributed by atoms with Gasteiger partial charge in [-0.25, -0.2) is 4.79 Å². The van der Waals surface area contributed by atoms with Crippen LogP contribution in [0.4, 0.5) is 0 Å². The van der Waals surface area contributed by atoms with E-state index in [1.165, 1.54) is 7.11 Å². The Kier molecular flexibility index (Phi) is 2.68. The molecule has 0 N–H and O–H groups in total. The number of hydrogen-bond acceptors (Lipinski definition) is 4. The Morgan fingerprint density at radius 3 is 2.56 bits per heavy atom. The molecule has 0 aliphatic carbocycles. The second-order valence-corrected chi connectivity index (χ2v) is 3.36. The highest BCUT2D eigenvalue weighted by Gasteiger charge is 2.08. The van der Waals surface area contributed by atoms with E-state index in [-0.39, 0.29) is 5.97 Å². The van der Waals surface area contributed by atoms with Crippen LogP contribution >= 0.6 is 0 Å². The minimum Gasteiger partial charge on any atom is -0.465 e. The fourth-order valence-corrected chi connectivity index (χ4v) is 1.52. The number of rotatable bonds is 2. The van der Waals surface area contributed by atoms with Gasteiger partial charge in [-0.3, -0.25) is 4.57 Å². The van der Waals surface area contributed by atoms with Gasteiger partial charge in [-0.2, -0.15) is 0 Å². The molecule has 0 aliphatic rings. The average Bonchev–Trinajstić information content (AvgIpc) is 2.81. The van der Waals surface area contributed by atoms with Gasteiger partial charge in [-0.05, 0) is 30.7 Å². The summed E-state index contributed by atoms with van der Waals surface area (Å²) in [6.07, 6.45) is 3.22. The van der Waals surface area contributed by atoms with Gasteiger partial charge in [0, 0.05) is 0 Å². The molecule has 0 amide bonds. The number of esters is 1. The normalized spacial score (nSPS) is 10.1. The van der Waals surface area contributed by atoms with E-state index in [4.69, 9.17) is 0 Å². The topological polar surface area (TPSA) is 57.0 Å². The number of carbonyl (C=O) groups excluding carboxylic acids is 1. The van der Waals surface area contributed by atoms with Crippen molar-refractivity contribution in [1.29, 1.82) is 0 Å². The number of methoxy groups -OCH3 is 1. The fourth-order valence-electron chi connectivity index (χ4n) is 1.52. The van der Waals surface area contributed by atoms with Crippen molar-refractivity contribution in [1.82, 2.24) is 14.8 Å². The molecule has 0 saturated heterocycles. The van der Waals surface area contributed by atoms with Gasteiger partial charge in [-0.15, -0.1) is 10.2 Å². The van der Waals surface area contributed by atoms with Crippen LogP contribution in [0.1, 0.15) is 15.9 Å². The van der Waals surface area contributed by atoms with E-state index in [0.29, 0.717) is 5.56 Å². The summed E-state index contributed by atoms with van der Waals surface area (Å²) in [6, 6.07) is 5.33. The van der Waals surface area contributed by atoms with Crippen molar-refractivity contribution in [3.05, 3.63) is 42.0 Å². The Morgan fingerprint density at radius 2 is 2.00 bits per heavy atom. The highest BCUT2D eigenvalue weighted by Crippen LogP contribution is 2.15. The van der Waals surface area contributed by atoms with E-state index < -0.39 is 0 Å². The van der Waals surface area contributed by atoms with E-state index in [2.05, 4.69) is 14.9 Å².